The lowest BCUT2D eigenvalue weighted by Crippen LogP contribution is -2.46. The fourth-order valence-corrected chi connectivity index (χ4v) is 3.46. The molecule has 1 amide bonds. The average Bonchev–Trinajstić information content (AvgIpc) is 2.45. The number of amides is 1. The Morgan fingerprint density at radius 2 is 1.75 bits per heavy atom. The predicted molar refractivity (Wildman–Crippen MR) is 76.0 cm³/mol. The number of hydrogen-bond donors (Lipinski definition) is 2. The molecule has 0 saturated heterocycles. The highest BCUT2D eigenvalue weighted by molar-refractivity contribution is 7.89. The van der Waals surface area contributed by atoms with E-state index in [-0.39, 0.29) is 18.7 Å². The molecule has 0 aliphatic rings. The summed E-state index contributed by atoms with van der Waals surface area (Å²) in [6.07, 6.45) is 0. The van der Waals surface area contributed by atoms with Crippen LogP contribution in [0.2, 0.25) is 0 Å². The minimum Gasteiger partial charge on any atom is -0.480 e. The third-order valence-electron chi connectivity index (χ3n) is 3.06. The van der Waals surface area contributed by atoms with Crippen LogP contribution in [0.5, 0.6) is 0 Å². The van der Waals surface area contributed by atoms with Crippen LogP contribution in [0.4, 0.5) is 13.2 Å². The lowest BCUT2D eigenvalue weighted by molar-refractivity contribution is -0.140. The van der Waals surface area contributed by atoms with Gasteiger partial charge in [-0.25, -0.2) is 21.6 Å². The van der Waals surface area contributed by atoms with Crippen molar-refractivity contribution in [2.45, 2.75) is 24.8 Å². The number of carboxylic acid groups (broad SMARTS) is 1. The Kier molecular flexibility index (Phi) is 6.32. The second-order valence-corrected chi connectivity index (χ2v) is 6.67. The fourth-order valence-electron chi connectivity index (χ4n) is 1.82. The van der Waals surface area contributed by atoms with E-state index < -0.39 is 56.8 Å². The highest BCUT2D eigenvalue weighted by Gasteiger charge is 2.35. The first-order valence-corrected chi connectivity index (χ1v) is 8.06. The lowest BCUT2D eigenvalue weighted by Gasteiger charge is -2.26. The van der Waals surface area contributed by atoms with Crippen LogP contribution < -0.4 is 5.32 Å². The van der Waals surface area contributed by atoms with Crippen molar-refractivity contribution in [1.82, 2.24) is 9.62 Å². The summed E-state index contributed by atoms with van der Waals surface area (Å²) < 4.78 is 65.3. The molecule has 0 bridgehead atoms. The Hall–Kier alpha value is -2.14. The maximum absolute atomic E-state index is 13.8. The zero-order valence-corrected chi connectivity index (χ0v) is 13.5. The van der Waals surface area contributed by atoms with Gasteiger partial charge in [0, 0.05) is 26.1 Å². The van der Waals surface area contributed by atoms with Crippen molar-refractivity contribution in [2.24, 2.45) is 0 Å². The molecule has 1 aromatic rings. The van der Waals surface area contributed by atoms with Crippen molar-refractivity contribution >= 4 is 21.9 Å². The zero-order chi connectivity index (χ0) is 18.7. The SMILES string of the molecule is CC(=O)NCCN(C(C)C(=O)O)S(=O)(=O)c1cc(F)c(F)cc1F. The van der Waals surface area contributed by atoms with E-state index in [1.165, 1.54) is 0 Å². The van der Waals surface area contributed by atoms with Gasteiger partial charge in [-0.15, -0.1) is 0 Å². The average molecular weight is 368 g/mol. The summed E-state index contributed by atoms with van der Waals surface area (Å²) in [6, 6.07) is -1.43. The molecule has 0 saturated carbocycles. The second kappa shape index (κ2) is 7.62. The first-order chi connectivity index (χ1) is 11.0. The summed E-state index contributed by atoms with van der Waals surface area (Å²) >= 11 is 0. The van der Waals surface area contributed by atoms with Gasteiger partial charge >= 0.3 is 5.97 Å². The number of sulfonamides is 1. The number of aliphatic carboxylic acids is 1. The number of carbonyl (C=O) groups is 2. The number of halogens is 3. The monoisotopic (exact) mass is 368 g/mol. The molecule has 1 atom stereocenters. The van der Waals surface area contributed by atoms with Crippen LogP contribution in [0.1, 0.15) is 13.8 Å². The molecule has 0 aromatic heterocycles. The minimum atomic E-state index is -4.79. The van der Waals surface area contributed by atoms with Gasteiger partial charge in [-0.3, -0.25) is 9.59 Å². The van der Waals surface area contributed by atoms with Crippen molar-refractivity contribution in [3.8, 4) is 0 Å². The number of nitrogens with zero attached hydrogens (tertiary/aromatic N) is 1. The Labute approximate surface area is 136 Å². The standard InChI is InChI=1S/C13H15F3N2O5S/c1-7(13(20)21)18(4-3-17-8(2)19)24(22,23)12-6-10(15)9(14)5-11(12)16/h5-7H,3-4H2,1-2H3,(H,17,19)(H,20,21). The number of carboxylic acids is 1. The molecule has 0 aliphatic heterocycles. The van der Waals surface area contributed by atoms with Crippen molar-refractivity contribution < 1.29 is 36.3 Å². The zero-order valence-electron chi connectivity index (χ0n) is 12.7. The predicted octanol–water partition coefficient (Wildman–Crippen LogP) is 0.704. The lowest BCUT2D eigenvalue weighted by atomic mass is 10.3. The summed E-state index contributed by atoms with van der Waals surface area (Å²) in [5.74, 6) is -6.77. The van der Waals surface area contributed by atoms with Gasteiger partial charge in [0.25, 0.3) is 0 Å². The van der Waals surface area contributed by atoms with Crippen LogP contribution in [-0.2, 0) is 19.6 Å². The molecular weight excluding hydrogens is 353 g/mol. The number of benzene rings is 1. The van der Waals surface area contributed by atoms with Gasteiger partial charge in [-0.05, 0) is 13.0 Å². The molecule has 0 spiro atoms. The van der Waals surface area contributed by atoms with E-state index >= 15 is 0 Å². The summed E-state index contributed by atoms with van der Waals surface area (Å²) in [5, 5.41) is 11.3. The third kappa shape index (κ3) is 4.45. The minimum absolute atomic E-state index is 0.0552. The van der Waals surface area contributed by atoms with E-state index in [9.17, 15) is 31.2 Å². The molecule has 0 aliphatic carbocycles. The molecule has 0 heterocycles. The molecule has 0 radical (unpaired) electrons. The van der Waals surface area contributed by atoms with Gasteiger partial charge in [0.05, 0.1) is 0 Å². The van der Waals surface area contributed by atoms with E-state index in [1.807, 2.05) is 0 Å². The maximum Gasteiger partial charge on any atom is 0.321 e. The Morgan fingerprint density at radius 1 is 1.21 bits per heavy atom. The Bertz CT molecular complexity index is 754. The van der Waals surface area contributed by atoms with Crippen LogP contribution in [-0.4, -0.2) is 48.8 Å². The molecule has 24 heavy (non-hydrogen) atoms. The van der Waals surface area contributed by atoms with Gasteiger partial charge in [0.15, 0.2) is 11.6 Å². The molecular formula is C13H15F3N2O5S. The van der Waals surface area contributed by atoms with Crippen LogP contribution >= 0.6 is 0 Å². The summed E-state index contributed by atoms with van der Waals surface area (Å²) in [7, 11) is -4.79. The normalized spacial score (nSPS) is 12.9. The highest BCUT2D eigenvalue weighted by atomic mass is 32.2. The molecule has 11 heteroatoms. The van der Waals surface area contributed by atoms with Gasteiger partial charge in [-0.1, -0.05) is 0 Å². The van der Waals surface area contributed by atoms with Crippen LogP contribution in [0.15, 0.2) is 17.0 Å². The quantitative estimate of drug-likeness (QED) is 0.690. The van der Waals surface area contributed by atoms with Crippen LogP contribution in [0, 0.1) is 17.5 Å². The molecule has 0 fully saturated rings. The van der Waals surface area contributed by atoms with E-state index in [4.69, 9.17) is 5.11 Å². The molecule has 1 aromatic carbocycles. The van der Waals surface area contributed by atoms with E-state index in [0.717, 1.165) is 13.8 Å². The number of carbonyl (C=O) groups excluding carboxylic acids is 1. The fraction of sp³-hybridized carbons (Fsp3) is 0.385. The van der Waals surface area contributed by atoms with Gasteiger partial charge in [0.1, 0.15) is 16.8 Å². The number of hydrogen-bond acceptors (Lipinski definition) is 4. The molecule has 1 rings (SSSR count). The highest BCUT2D eigenvalue weighted by Crippen LogP contribution is 2.23. The summed E-state index contributed by atoms with van der Waals surface area (Å²) in [5.41, 5.74) is 0. The maximum atomic E-state index is 13.8. The van der Waals surface area contributed by atoms with Gasteiger partial charge in [-0.2, -0.15) is 4.31 Å². The largest absolute Gasteiger partial charge is 0.480 e. The number of rotatable bonds is 7. The van der Waals surface area contributed by atoms with Gasteiger partial charge < -0.3 is 10.4 Å². The van der Waals surface area contributed by atoms with E-state index in [2.05, 4.69) is 5.32 Å². The van der Waals surface area contributed by atoms with Crippen LogP contribution in [0.3, 0.4) is 0 Å². The summed E-state index contributed by atoms with van der Waals surface area (Å²) in [4.78, 5) is 20.7. The molecule has 7 nitrogen and oxygen atoms in total. The van der Waals surface area contributed by atoms with Crippen molar-refractivity contribution in [2.75, 3.05) is 13.1 Å². The Morgan fingerprint density at radius 3 is 2.25 bits per heavy atom. The smallest absolute Gasteiger partial charge is 0.321 e. The molecule has 1 unspecified atom stereocenters. The summed E-state index contributed by atoms with van der Waals surface area (Å²) in [6.45, 7) is 1.42. The van der Waals surface area contributed by atoms with Crippen molar-refractivity contribution in [1.29, 1.82) is 0 Å². The molecule has 134 valence electrons. The first-order valence-electron chi connectivity index (χ1n) is 6.62. The van der Waals surface area contributed by atoms with E-state index in [0.29, 0.717) is 4.31 Å². The molecule has 2 N–H and O–H groups in total. The number of nitrogens with one attached hydrogen (secondary N) is 1. The topological polar surface area (TPSA) is 104 Å². The third-order valence-corrected chi connectivity index (χ3v) is 5.04. The van der Waals surface area contributed by atoms with Crippen molar-refractivity contribution in [3.05, 3.63) is 29.6 Å². The van der Waals surface area contributed by atoms with Gasteiger partial charge in [0.2, 0.25) is 15.9 Å². The first kappa shape index (κ1) is 19.9. The second-order valence-electron chi connectivity index (χ2n) is 4.81. The van der Waals surface area contributed by atoms with Crippen LogP contribution in [0.25, 0.3) is 0 Å². The van der Waals surface area contributed by atoms with E-state index in [1.54, 1.807) is 0 Å². The van der Waals surface area contributed by atoms with Crippen molar-refractivity contribution in [3.63, 3.8) is 0 Å². The Balaban J connectivity index is 3.31.